The number of piperidine rings is 2. The van der Waals surface area contributed by atoms with Gasteiger partial charge in [-0.3, -0.25) is 4.79 Å². The van der Waals surface area contributed by atoms with Gasteiger partial charge in [-0.25, -0.2) is 8.42 Å². The van der Waals surface area contributed by atoms with Gasteiger partial charge in [-0.1, -0.05) is 25.0 Å². The van der Waals surface area contributed by atoms with Crippen molar-refractivity contribution in [2.45, 2.75) is 56.0 Å². The highest BCUT2D eigenvalue weighted by Crippen LogP contribution is 2.21. The largest absolute Gasteiger partial charge is 0.351 e. The third-order valence-corrected chi connectivity index (χ3v) is 6.84. The van der Waals surface area contributed by atoms with Gasteiger partial charge in [-0.2, -0.15) is 4.31 Å². The van der Waals surface area contributed by atoms with E-state index in [1.165, 1.54) is 0 Å². The summed E-state index contributed by atoms with van der Waals surface area (Å²) in [5.74, 6) is -0.0102. The van der Waals surface area contributed by atoms with Crippen LogP contribution in [0.1, 0.15) is 44.1 Å². The summed E-state index contributed by atoms with van der Waals surface area (Å²) in [6.07, 6.45) is 5.96. The minimum Gasteiger partial charge on any atom is -0.351 e. The molecule has 6 nitrogen and oxygen atoms in total. The molecule has 3 rings (SSSR count). The zero-order valence-corrected chi connectivity index (χ0v) is 15.4. The molecule has 2 aliphatic rings. The van der Waals surface area contributed by atoms with Crippen LogP contribution in [0.4, 0.5) is 0 Å². The number of sulfonamides is 1. The summed E-state index contributed by atoms with van der Waals surface area (Å²) < 4.78 is 27.1. The average molecular weight is 365 g/mol. The van der Waals surface area contributed by atoms with Crippen molar-refractivity contribution in [2.24, 2.45) is 0 Å². The molecule has 0 radical (unpaired) electrons. The van der Waals surface area contributed by atoms with Crippen LogP contribution >= 0.6 is 0 Å². The summed E-state index contributed by atoms with van der Waals surface area (Å²) >= 11 is 0. The maximum absolute atomic E-state index is 12.8. The lowest BCUT2D eigenvalue weighted by Crippen LogP contribution is -2.46. The van der Waals surface area contributed by atoms with E-state index < -0.39 is 10.0 Å². The van der Waals surface area contributed by atoms with Gasteiger partial charge in [0.15, 0.2) is 0 Å². The number of amides is 1. The fourth-order valence-corrected chi connectivity index (χ4v) is 5.05. The van der Waals surface area contributed by atoms with Crippen LogP contribution in [-0.2, 0) is 21.4 Å². The Kier molecular flexibility index (Phi) is 6.09. The number of carbonyl (C=O) groups excluding carboxylic acids is 1. The van der Waals surface area contributed by atoms with Gasteiger partial charge < -0.3 is 10.6 Å². The average Bonchev–Trinajstić information content (AvgIpc) is 2.67. The molecule has 2 saturated heterocycles. The van der Waals surface area contributed by atoms with E-state index in [2.05, 4.69) is 10.6 Å². The second kappa shape index (κ2) is 8.29. The normalized spacial score (nSPS) is 22.5. The van der Waals surface area contributed by atoms with Crippen LogP contribution in [0.2, 0.25) is 0 Å². The molecule has 1 atom stereocenters. The van der Waals surface area contributed by atoms with Gasteiger partial charge in [0, 0.05) is 19.6 Å². The lowest BCUT2D eigenvalue weighted by atomic mass is 10.0. The molecule has 2 heterocycles. The molecule has 138 valence electrons. The molecule has 2 N–H and O–H groups in total. The first-order chi connectivity index (χ1) is 12.1. The SMILES string of the molecule is O=C(NCc1cccc(S(=O)(=O)N2CCCCC2)c1)C1CCCCN1. The fraction of sp³-hybridized carbons (Fsp3) is 0.611. The van der Waals surface area contributed by atoms with Crippen LogP contribution in [-0.4, -0.2) is 44.3 Å². The first kappa shape index (κ1) is 18.4. The Balaban J connectivity index is 1.63. The summed E-state index contributed by atoms with van der Waals surface area (Å²) in [6.45, 7) is 2.41. The molecule has 0 spiro atoms. The molecule has 0 aromatic heterocycles. The lowest BCUT2D eigenvalue weighted by Gasteiger charge is -2.26. The second-order valence-corrected chi connectivity index (χ2v) is 8.77. The minimum atomic E-state index is -3.44. The van der Waals surface area contributed by atoms with E-state index in [1.807, 2.05) is 6.07 Å². The molecule has 25 heavy (non-hydrogen) atoms. The number of nitrogens with one attached hydrogen (secondary N) is 2. The van der Waals surface area contributed by atoms with Crippen molar-refractivity contribution in [3.05, 3.63) is 29.8 Å². The second-order valence-electron chi connectivity index (χ2n) is 6.83. The summed E-state index contributed by atoms with van der Waals surface area (Å²) in [5.41, 5.74) is 0.808. The maximum atomic E-state index is 12.8. The quantitative estimate of drug-likeness (QED) is 0.831. The molecule has 1 amide bonds. The zero-order chi connectivity index (χ0) is 17.7. The van der Waals surface area contributed by atoms with E-state index in [0.29, 0.717) is 24.5 Å². The predicted octanol–water partition coefficient (Wildman–Crippen LogP) is 1.62. The summed E-state index contributed by atoms with van der Waals surface area (Å²) in [4.78, 5) is 12.5. The monoisotopic (exact) mass is 365 g/mol. The van der Waals surface area contributed by atoms with Crippen LogP contribution in [0, 0.1) is 0 Å². The Morgan fingerprint density at radius 3 is 2.68 bits per heavy atom. The maximum Gasteiger partial charge on any atom is 0.243 e. The molecule has 1 aromatic rings. The molecular formula is C18H27N3O3S. The smallest absolute Gasteiger partial charge is 0.243 e. The third kappa shape index (κ3) is 4.59. The number of hydrogen-bond donors (Lipinski definition) is 2. The number of benzene rings is 1. The molecule has 2 fully saturated rings. The third-order valence-electron chi connectivity index (χ3n) is 4.94. The Morgan fingerprint density at radius 1 is 1.16 bits per heavy atom. The van der Waals surface area contributed by atoms with Gasteiger partial charge in [-0.15, -0.1) is 0 Å². The molecular weight excluding hydrogens is 338 g/mol. The van der Waals surface area contributed by atoms with E-state index in [1.54, 1.807) is 22.5 Å². The van der Waals surface area contributed by atoms with Crippen molar-refractivity contribution < 1.29 is 13.2 Å². The number of rotatable bonds is 5. The fourth-order valence-electron chi connectivity index (χ4n) is 3.46. The van der Waals surface area contributed by atoms with Gasteiger partial charge in [0.1, 0.15) is 0 Å². The Morgan fingerprint density at radius 2 is 1.96 bits per heavy atom. The Bertz CT molecular complexity index is 693. The number of carbonyl (C=O) groups is 1. The van der Waals surface area contributed by atoms with Crippen molar-refractivity contribution in [1.29, 1.82) is 0 Å². The predicted molar refractivity (Wildman–Crippen MR) is 96.5 cm³/mol. The molecule has 2 aliphatic heterocycles. The van der Waals surface area contributed by atoms with Crippen molar-refractivity contribution >= 4 is 15.9 Å². The van der Waals surface area contributed by atoms with E-state index >= 15 is 0 Å². The highest BCUT2D eigenvalue weighted by Gasteiger charge is 2.26. The van der Waals surface area contributed by atoms with Crippen molar-refractivity contribution in [2.75, 3.05) is 19.6 Å². The van der Waals surface area contributed by atoms with Gasteiger partial charge in [0.2, 0.25) is 15.9 Å². The molecule has 1 aromatic carbocycles. The first-order valence-corrected chi connectivity index (χ1v) is 10.6. The summed E-state index contributed by atoms with van der Waals surface area (Å²) in [7, 11) is -3.44. The van der Waals surface area contributed by atoms with Crippen LogP contribution < -0.4 is 10.6 Å². The van der Waals surface area contributed by atoms with E-state index in [4.69, 9.17) is 0 Å². The Labute approximate surface area is 150 Å². The highest BCUT2D eigenvalue weighted by molar-refractivity contribution is 7.89. The summed E-state index contributed by atoms with van der Waals surface area (Å²) in [6, 6.07) is 6.78. The molecule has 7 heteroatoms. The lowest BCUT2D eigenvalue weighted by molar-refractivity contribution is -0.123. The highest BCUT2D eigenvalue weighted by atomic mass is 32.2. The number of nitrogens with zero attached hydrogens (tertiary/aromatic N) is 1. The topological polar surface area (TPSA) is 78.5 Å². The summed E-state index contributed by atoms with van der Waals surface area (Å²) in [5, 5.41) is 6.14. The minimum absolute atomic E-state index is 0.0102. The van der Waals surface area contributed by atoms with Gasteiger partial charge in [0.25, 0.3) is 0 Å². The number of hydrogen-bond acceptors (Lipinski definition) is 4. The van der Waals surface area contributed by atoms with Gasteiger partial charge in [0.05, 0.1) is 10.9 Å². The van der Waals surface area contributed by atoms with Crippen LogP contribution in [0.25, 0.3) is 0 Å². The first-order valence-electron chi connectivity index (χ1n) is 9.17. The van der Waals surface area contributed by atoms with Crippen molar-refractivity contribution in [1.82, 2.24) is 14.9 Å². The van der Waals surface area contributed by atoms with Crippen LogP contribution in [0.5, 0.6) is 0 Å². The molecule has 0 bridgehead atoms. The van der Waals surface area contributed by atoms with E-state index in [9.17, 15) is 13.2 Å². The molecule has 0 aliphatic carbocycles. The van der Waals surface area contributed by atoms with Crippen molar-refractivity contribution in [3.8, 4) is 0 Å². The standard InChI is InChI=1S/C18H27N3O3S/c22-18(17-9-2-3-10-19-17)20-14-15-7-6-8-16(13-15)25(23,24)21-11-4-1-5-12-21/h6-8,13,17,19H,1-5,9-12,14H2,(H,20,22). The van der Waals surface area contributed by atoms with Gasteiger partial charge >= 0.3 is 0 Å². The van der Waals surface area contributed by atoms with Crippen LogP contribution in [0.3, 0.4) is 0 Å². The Hall–Kier alpha value is -1.44. The van der Waals surface area contributed by atoms with Crippen molar-refractivity contribution in [3.63, 3.8) is 0 Å². The van der Waals surface area contributed by atoms with Gasteiger partial charge in [-0.05, 0) is 49.9 Å². The zero-order valence-electron chi connectivity index (χ0n) is 14.5. The van der Waals surface area contributed by atoms with E-state index in [0.717, 1.165) is 50.6 Å². The van der Waals surface area contributed by atoms with E-state index in [-0.39, 0.29) is 11.9 Å². The molecule has 1 unspecified atom stereocenters. The molecule has 0 saturated carbocycles. The van der Waals surface area contributed by atoms with Crippen LogP contribution in [0.15, 0.2) is 29.2 Å².